The van der Waals surface area contributed by atoms with Gasteiger partial charge in [0.1, 0.15) is 19.7 Å². The van der Waals surface area contributed by atoms with Gasteiger partial charge in [-0.2, -0.15) is 0 Å². The van der Waals surface area contributed by atoms with Crippen LogP contribution in [0.15, 0.2) is 55.1 Å². The Morgan fingerprint density at radius 2 is 1.33 bits per heavy atom. The number of pyridine rings is 4. The Bertz CT molecular complexity index is 1410. The highest BCUT2D eigenvalue weighted by atomic mass is 15.1. The molecule has 0 aliphatic carbocycles. The van der Waals surface area contributed by atoms with Gasteiger partial charge < -0.3 is 27.0 Å². The average Bonchev–Trinajstić information content (AvgIpc) is 3.02. The van der Waals surface area contributed by atoms with E-state index in [0.717, 1.165) is 130 Å². The first kappa shape index (κ1) is 32.3. The number of aromatic nitrogens is 4. The first-order valence-electron chi connectivity index (χ1n) is 15.5. The van der Waals surface area contributed by atoms with Crippen LogP contribution in [0, 0.1) is 13.0 Å². The van der Waals surface area contributed by atoms with Crippen LogP contribution in [0.2, 0.25) is 0 Å². The topological polar surface area (TPSA) is 140 Å². The van der Waals surface area contributed by atoms with Crippen LogP contribution in [0.4, 0.5) is 0 Å². The predicted octanol–water partition coefficient (Wildman–Crippen LogP) is -0.621. The summed E-state index contributed by atoms with van der Waals surface area (Å²) in [6.45, 7) is 19.0. The molecule has 4 aromatic heterocycles. The van der Waals surface area contributed by atoms with Crippen LogP contribution < -0.4 is 27.0 Å². The minimum atomic E-state index is 0.631. The standard InChI is InChI=1S/C33H46N10/c1-3-5-28-10-6-26-7-12-30(40-32(26)39-28)24-37-18-21-43(20-4-2)22-19-38-25-31-13-9-27-8-11-29(41-33(27)42-31)23-36-17-16-35-15-14-34/h6-13,35-38H,1-2,4-5,14-25,34H2/q+2/p+3. The lowest BCUT2D eigenvalue weighted by Gasteiger charge is -2.19. The van der Waals surface area contributed by atoms with Gasteiger partial charge in [-0.05, 0) is 48.5 Å². The van der Waals surface area contributed by atoms with Gasteiger partial charge in [-0.15, -0.1) is 0 Å². The van der Waals surface area contributed by atoms with Crippen LogP contribution >= 0.6 is 0 Å². The summed E-state index contributed by atoms with van der Waals surface area (Å²) in [5.74, 6) is 0. The van der Waals surface area contributed by atoms with Crippen molar-refractivity contribution in [1.29, 1.82) is 0 Å². The number of quaternary nitrogens is 3. The van der Waals surface area contributed by atoms with Gasteiger partial charge in [0.05, 0.1) is 55.8 Å². The van der Waals surface area contributed by atoms with E-state index < -0.39 is 0 Å². The Kier molecular flexibility index (Phi) is 13.6. The summed E-state index contributed by atoms with van der Waals surface area (Å²) in [4.78, 5) is 21.5. The average molecular weight is 586 g/mol. The van der Waals surface area contributed by atoms with E-state index in [4.69, 9.17) is 15.0 Å². The van der Waals surface area contributed by atoms with E-state index in [0.29, 0.717) is 6.42 Å². The fraction of sp³-hybridized carbons (Fsp3) is 0.424. The molecule has 43 heavy (non-hydrogen) atoms. The SMILES string of the molecule is C=[C+]Cc1ccc2ccc(CNCCN(CC[CH2+])CC[NH2+]Cc3ccc4ccc(C[NH2+]CCNCC[NH3+])nc4n3)nc2n1. The maximum atomic E-state index is 4.85. The van der Waals surface area contributed by atoms with Crippen molar-refractivity contribution in [3.05, 3.63) is 90.9 Å². The summed E-state index contributed by atoms with van der Waals surface area (Å²) in [5.41, 5.74) is 9.55. The predicted molar refractivity (Wildman–Crippen MR) is 171 cm³/mol. The van der Waals surface area contributed by atoms with Crippen LogP contribution in [0.5, 0.6) is 0 Å². The molecule has 4 aromatic rings. The zero-order valence-corrected chi connectivity index (χ0v) is 25.5. The molecule has 0 saturated heterocycles. The van der Waals surface area contributed by atoms with Crippen molar-refractivity contribution in [1.82, 2.24) is 35.5 Å². The molecule has 4 rings (SSSR count). The summed E-state index contributed by atoms with van der Waals surface area (Å²) in [6.07, 6.45) is 4.42. The first-order valence-corrected chi connectivity index (χ1v) is 15.5. The first-order chi connectivity index (χ1) is 21.2. The molecule has 0 aliphatic rings. The molecule has 0 aliphatic heterocycles. The summed E-state index contributed by atoms with van der Waals surface area (Å²) < 4.78 is 0. The normalized spacial score (nSPS) is 11.5. The number of fused-ring (bicyclic) bond motifs is 2. The molecule has 0 amide bonds. The largest absolute Gasteiger partial charge is 0.357 e. The van der Waals surface area contributed by atoms with Crippen LogP contribution in [0.25, 0.3) is 22.1 Å². The van der Waals surface area contributed by atoms with Gasteiger partial charge in [0.15, 0.2) is 11.3 Å². The monoisotopic (exact) mass is 585 g/mol. The molecule has 4 heterocycles. The van der Waals surface area contributed by atoms with Gasteiger partial charge in [0.25, 0.3) is 0 Å². The molecular formula is C33H49N10+5. The summed E-state index contributed by atoms with van der Waals surface area (Å²) in [5, 5.41) is 13.7. The van der Waals surface area contributed by atoms with Crippen molar-refractivity contribution >= 4 is 22.1 Å². The maximum absolute atomic E-state index is 4.85. The fourth-order valence-corrected chi connectivity index (χ4v) is 4.95. The van der Waals surface area contributed by atoms with Crippen LogP contribution in [-0.4, -0.2) is 83.7 Å². The van der Waals surface area contributed by atoms with Crippen LogP contribution in [0.1, 0.15) is 29.2 Å². The minimum Gasteiger partial charge on any atom is -0.357 e. The van der Waals surface area contributed by atoms with Crippen molar-refractivity contribution in [3.63, 3.8) is 0 Å². The Morgan fingerprint density at radius 1 is 0.721 bits per heavy atom. The molecule has 0 saturated carbocycles. The Labute approximate surface area is 256 Å². The van der Waals surface area contributed by atoms with E-state index in [1.807, 2.05) is 6.07 Å². The van der Waals surface area contributed by atoms with E-state index in [2.05, 4.69) is 98.9 Å². The number of hydrogen-bond donors (Lipinski definition) is 5. The third-order valence-electron chi connectivity index (χ3n) is 7.26. The van der Waals surface area contributed by atoms with Gasteiger partial charge in [0.2, 0.25) is 12.5 Å². The van der Waals surface area contributed by atoms with Gasteiger partial charge >= 0.3 is 0 Å². The number of nitrogens with zero attached hydrogens (tertiary/aromatic N) is 5. The Balaban J connectivity index is 1.17. The molecule has 0 atom stereocenters. The highest BCUT2D eigenvalue weighted by Crippen LogP contribution is 2.12. The molecule has 0 aromatic carbocycles. The second-order valence-corrected chi connectivity index (χ2v) is 10.8. The number of hydrogen-bond acceptors (Lipinski definition) is 7. The third-order valence-corrected chi connectivity index (χ3v) is 7.26. The van der Waals surface area contributed by atoms with E-state index >= 15 is 0 Å². The Morgan fingerprint density at radius 3 is 1.98 bits per heavy atom. The van der Waals surface area contributed by atoms with Crippen LogP contribution in [-0.2, 0) is 26.1 Å². The second-order valence-electron chi connectivity index (χ2n) is 10.8. The highest BCUT2D eigenvalue weighted by Gasteiger charge is 2.09. The summed E-state index contributed by atoms with van der Waals surface area (Å²) in [7, 11) is 0. The number of nitrogens with one attached hydrogen (secondary N) is 2. The zero-order valence-electron chi connectivity index (χ0n) is 25.5. The molecule has 0 unspecified atom stereocenters. The van der Waals surface area contributed by atoms with Crippen molar-refractivity contribution < 1.29 is 16.4 Å². The number of nitrogens with two attached hydrogens (primary N) is 2. The quantitative estimate of drug-likeness (QED) is 0.0649. The van der Waals surface area contributed by atoms with E-state index in [9.17, 15) is 0 Å². The number of allylic oxidation sites excluding steroid dienone is 1. The van der Waals surface area contributed by atoms with E-state index in [1.165, 1.54) is 0 Å². The van der Waals surface area contributed by atoms with E-state index in [-0.39, 0.29) is 0 Å². The smallest absolute Gasteiger partial charge is 0.221 e. The molecule has 226 valence electrons. The maximum Gasteiger partial charge on any atom is 0.221 e. The molecule has 0 bridgehead atoms. The van der Waals surface area contributed by atoms with Gasteiger partial charge in [-0.1, -0.05) is 0 Å². The minimum absolute atomic E-state index is 0.631. The highest BCUT2D eigenvalue weighted by molar-refractivity contribution is 5.75. The molecule has 0 radical (unpaired) electrons. The van der Waals surface area contributed by atoms with E-state index in [1.54, 1.807) is 0 Å². The lowest BCUT2D eigenvalue weighted by molar-refractivity contribution is -0.670. The molecule has 9 N–H and O–H groups in total. The molecular weight excluding hydrogens is 536 g/mol. The van der Waals surface area contributed by atoms with Gasteiger partial charge in [0, 0.05) is 56.6 Å². The molecule has 10 nitrogen and oxygen atoms in total. The van der Waals surface area contributed by atoms with Crippen molar-refractivity contribution in [3.8, 4) is 0 Å². The fourth-order valence-electron chi connectivity index (χ4n) is 4.95. The molecule has 10 heteroatoms. The summed E-state index contributed by atoms with van der Waals surface area (Å²) >= 11 is 0. The van der Waals surface area contributed by atoms with Gasteiger partial charge in [-0.3, -0.25) is 4.90 Å². The van der Waals surface area contributed by atoms with Crippen molar-refractivity contribution in [2.24, 2.45) is 0 Å². The molecule has 0 fully saturated rings. The third kappa shape index (κ3) is 10.9. The Hall–Kier alpha value is -3.60. The zero-order chi connectivity index (χ0) is 30.1. The lowest BCUT2D eigenvalue weighted by atomic mass is 10.2. The molecule has 0 spiro atoms. The van der Waals surface area contributed by atoms with Crippen molar-refractivity contribution in [2.45, 2.75) is 32.5 Å². The number of rotatable bonds is 21. The van der Waals surface area contributed by atoms with Crippen molar-refractivity contribution in [2.75, 3.05) is 58.9 Å². The van der Waals surface area contributed by atoms with Gasteiger partial charge in [-0.25, -0.2) is 19.9 Å². The second kappa shape index (κ2) is 18.1. The van der Waals surface area contributed by atoms with Crippen LogP contribution in [0.3, 0.4) is 0 Å². The summed E-state index contributed by atoms with van der Waals surface area (Å²) in [6, 6.07) is 16.7. The lowest BCUT2D eigenvalue weighted by Crippen LogP contribution is -2.84.